The highest BCUT2D eigenvalue weighted by Gasteiger charge is 2.50. The number of rotatable bonds is 3. The van der Waals surface area contributed by atoms with Gasteiger partial charge in [0.25, 0.3) is 0 Å². The molecule has 2 fully saturated rings. The first-order valence-corrected chi connectivity index (χ1v) is 8.66. The van der Waals surface area contributed by atoms with Gasteiger partial charge in [-0.3, -0.25) is 0 Å². The quantitative estimate of drug-likeness (QED) is 0.927. The van der Waals surface area contributed by atoms with Crippen molar-refractivity contribution >= 4 is 11.5 Å². The molecule has 1 aliphatic carbocycles. The van der Waals surface area contributed by atoms with E-state index in [0.29, 0.717) is 31.1 Å². The zero-order valence-electron chi connectivity index (χ0n) is 14.5. The van der Waals surface area contributed by atoms with Crippen LogP contribution >= 0.6 is 0 Å². The first-order chi connectivity index (χ1) is 11.9. The van der Waals surface area contributed by atoms with Crippen LogP contribution in [0.4, 0.5) is 0 Å². The molecule has 0 spiro atoms. The molecule has 6 nitrogen and oxygen atoms in total. The second-order valence-electron chi connectivity index (χ2n) is 7.83. The Labute approximate surface area is 146 Å². The third-order valence-corrected chi connectivity index (χ3v) is 5.46. The number of fused-ring (bicyclic) bond motifs is 1. The maximum Gasteiger partial charge on any atom is 0.337 e. The Balaban J connectivity index is 1.80. The van der Waals surface area contributed by atoms with Crippen molar-refractivity contribution in [2.45, 2.75) is 56.5 Å². The lowest BCUT2D eigenvalue weighted by Crippen LogP contribution is -2.33. The molecule has 1 aliphatic heterocycles. The third kappa shape index (κ3) is 2.59. The van der Waals surface area contributed by atoms with Crippen molar-refractivity contribution in [1.82, 2.24) is 9.61 Å². The van der Waals surface area contributed by atoms with Crippen LogP contribution in [0.2, 0.25) is 0 Å². The molecule has 0 radical (unpaired) electrons. The summed E-state index contributed by atoms with van der Waals surface area (Å²) in [6, 6.07) is 5.96. The van der Waals surface area contributed by atoms with E-state index in [1.54, 1.807) is 10.6 Å². The van der Waals surface area contributed by atoms with Crippen molar-refractivity contribution in [2.24, 2.45) is 0 Å². The van der Waals surface area contributed by atoms with E-state index in [1.165, 1.54) is 0 Å². The topological polar surface area (TPSA) is 87.6 Å². The normalized spacial score (nSPS) is 24.0. The predicted molar refractivity (Wildman–Crippen MR) is 90.7 cm³/mol. The molecule has 4 rings (SSSR count). The van der Waals surface area contributed by atoms with Crippen molar-refractivity contribution < 1.29 is 14.6 Å². The summed E-state index contributed by atoms with van der Waals surface area (Å²) in [6.45, 7) is 4.90. The fourth-order valence-corrected chi connectivity index (χ4v) is 3.97. The molecule has 0 aromatic carbocycles. The number of carboxylic acid groups (broad SMARTS) is 1. The Morgan fingerprint density at radius 2 is 2.20 bits per heavy atom. The largest absolute Gasteiger partial charge is 0.478 e. The van der Waals surface area contributed by atoms with Gasteiger partial charge in [0, 0.05) is 6.61 Å². The van der Waals surface area contributed by atoms with Crippen LogP contribution in [0.1, 0.15) is 67.1 Å². The monoisotopic (exact) mass is 339 g/mol. The van der Waals surface area contributed by atoms with Crippen LogP contribution in [0, 0.1) is 11.3 Å². The molecule has 0 amide bonds. The molecule has 1 saturated carbocycles. The molecule has 0 bridgehead atoms. The highest BCUT2D eigenvalue weighted by atomic mass is 16.5. The molecular formula is C19H21N3O3. The van der Waals surface area contributed by atoms with Gasteiger partial charge < -0.3 is 9.84 Å². The molecule has 2 aromatic rings. The van der Waals surface area contributed by atoms with Gasteiger partial charge in [0.1, 0.15) is 5.41 Å². The summed E-state index contributed by atoms with van der Waals surface area (Å²) >= 11 is 0. The number of ether oxygens (including phenoxy) is 1. The maximum absolute atomic E-state index is 11.7. The summed E-state index contributed by atoms with van der Waals surface area (Å²) in [4.78, 5) is 11.7. The summed E-state index contributed by atoms with van der Waals surface area (Å²) in [5.74, 6) is -0.658. The molecular weight excluding hydrogens is 318 g/mol. The van der Waals surface area contributed by atoms with Gasteiger partial charge in [-0.15, -0.1) is 0 Å². The van der Waals surface area contributed by atoms with E-state index in [4.69, 9.17) is 4.74 Å². The molecule has 25 heavy (non-hydrogen) atoms. The highest BCUT2D eigenvalue weighted by Crippen LogP contribution is 2.49. The standard InChI is InChI=1S/C19H21N3O3/c1-18(2)9-12(3-6-25-18)13-7-14-8-15(17(23)24)16(22(14)21-10-13)19(11-20)4-5-19/h7-8,10,12H,3-6,9H2,1-2H3,(H,23,24)/t12-/m1/s1. The summed E-state index contributed by atoms with van der Waals surface area (Å²) < 4.78 is 7.43. The van der Waals surface area contributed by atoms with Gasteiger partial charge in [-0.2, -0.15) is 10.4 Å². The van der Waals surface area contributed by atoms with Gasteiger partial charge in [-0.1, -0.05) is 0 Å². The van der Waals surface area contributed by atoms with Crippen molar-refractivity contribution in [1.29, 1.82) is 5.26 Å². The van der Waals surface area contributed by atoms with E-state index in [2.05, 4.69) is 25.0 Å². The fourth-order valence-electron chi connectivity index (χ4n) is 3.97. The number of nitriles is 1. The van der Waals surface area contributed by atoms with Gasteiger partial charge in [0.15, 0.2) is 0 Å². The molecule has 3 heterocycles. The van der Waals surface area contributed by atoms with E-state index >= 15 is 0 Å². The first-order valence-electron chi connectivity index (χ1n) is 8.66. The number of nitrogens with zero attached hydrogens (tertiary/aromatic N) is 3. The second kappa shape index (κ2) is 5.30. The number of hydrogen-bond acceptors (Lipinski definition) is 4. The summed E-state index contributed by atoms with van der Waals surface area (Å²) in [7, 11) is 0. The third-order valence-electron chi connectivity index (χ3n) is 5.46. The first kappa shape index (κ1) is 16.1. The van der Waals surface area contributed by atoms with E-state index in [1.807, 2.05) is 12.3 Å². The van der Waals surface area contributed by atoms with Gasteiger partial charge in [0.05, 0.1) is 34.6 Å². The average molecular weight is 339 g/mol. The minimum atomic E-state index is -1.00. The fraction of sp³-hybridized carbons (Fsp3) is 0.526. The van der Waals surface area contributed by atoms with Gasteiger partial charge in [0.2, 0.25) is 0 Å². The van der Waals surface area contributed by atoms with Gasteiger partial charge in [-0.25, -0.2) is 9.31 Å². The number of aromatic carboxylic acids is 1. The van der Waals surface area contributed by atoms with Crippen LogP contribution in [0.25, 0.3) is 5.52 Å². The Kier molecular flexibility index (Phi) is 3.41. The summed E-state index contributed by atoms with van der Waals surface area (Å²) in [5.41, 5.74) is 1.71. The Morgan fingerprint density at radius 1 is 1.44 bits per heavy atom. The van der Waals surface area contributed by atoms with Crippen LogP contribution < -0.4 is 0 Å². The SMILES string of the molecule is CC1(C)C[C@H](c2cnn3c(C4(C#N)CC4)c(C(=O)O)cc3c2)CCO1. The van der Waals surface area contributed by atoms with Crippen molar-refractivity contribution in [2.75, 3.05) is 6.61 Å². The lowest BCUT2D eigenvalue weighted by atomic mass is 9.84. The molecule has 1 saturated heterocycles. The predicted octanol–water partition coefficient (Wildman–Crippen LogP) is 3.26. The zero-order valence-corrected chi connectivity index (χ0v) is 14.5. The lowest BCUT2D eigenvalue weighted by molar-refractivity contribution is -0.0593. The number of hydrogen-bond donors (Lipinski definition) is 1. The molecule has 1 N–H and O–H groups in total. The smallest absolute Gasteiger partial charge is 0.337 e. The van der Waals surface area contributed by atoms with Crippen LogP contribution in [-0.4, -0.2) is 32.9 Å². The summed E-state index contributed by atoms with van der Waals surface area (Å²) in [5, 5.41) is 23.6. The number of aromatic nitrogens is 2. The Bertz CT molecular complexity index is 903. The van der Waals surface area contributed by atoms with Crippen LogP contribution in [0.3, 0.4) is 0 Å². The van der Waals surface area contributed by atoms with Crippen molar-refractivity contribution in [3.63, 3.8) is 0 Å². The van der Waals surface area contributed by atoms with Gasteiger partial charge in [-0.05, 0) is 63.1 Å². The molecule has 2 aliphatic rings. The highest BCUT2D eigenvalue weighted by molar-refractivity contribution is 5.92. The van der Waals surface area contributed by atoms with E-state index in [-0.39, 0.29) is 11.2 Å². The van der Waals surface area contributed by atoms with Crippen LogP contribution in [0.15, 0.2) is 18.3 Å². The lowest BCUT2D eigenvalue weighted by Gasteiger charge is -2.35. The maximum atomic E-state index is 11.7. The Morgan fingerprint density at radius 3 is 2.80 bits per heavy atom. The molecule has 130 valence electrons. The molecule has 2 aromatic heterocycles. The van der Waals surface area contributed by atoms with E-state index in [9.17, 15) is 15.2 Å². The minimum Gasteiger partial charge on any atom is -0.478 e. The van der Waals surface area contributed by atoms with E-state index < -0.39 is 11.4 Å². The van der Waals surface area contributed by atoms with Gasteiger partial charge >= 0.3 is 5.97 Å². The van der Waals surface area contributed by atoms with Crippen molar-refractivity contribution in [3.8, 4) is 6.07 Å². The number of carbonyl (C=O) groups is 1. The molecule has 1 atom stereocenters. The minimum absolute atomic E-state index is 0.159. The summed E-state index contributed by atoms with van der Waals surface area (Å²) in [6.07, 6.45) is 5.04. The average Bonchev–Trinajstić information content (AvgIpc) is 3.26. The molecule has 0 unspecified atom stereocenters. The van der Waals surface area contributed by atoms with Crippen molar-refractivity contribution in [3.05, 3.63) is 35.2 Å². The second-order valence-corrected chi connectivity index (χ2v) is 7.83. The number of carboxylic acids is 1. The van der Waals surface area contributed by atoms with Crippen LogP contribution in [0.5, 0.6) is 0 Å². The molecule has 6 heteroatoms. The Hall–Kier alpha value is -2.39. The van der Waals surface area contributed by atoms with E-state index in [0.717, 1.165) is 23.9 Å². The van der Waals surface area contributed by atoms with Crippen LogP contribution in [-0.2, 0) is 10.2 Å². The zero-order chi connectivity index (χ0) is 17.8.